The number of hydrogen-bond acceptors (Lipinski definition) is 5. The smallest absolute Gasteiger partial charge is 0.416 e. The summed E-state index contributed by atoms with van der Waals surface area (Å²) in [5.74, 6) is -0.359. The molecule has 0 saturated carbocycles. The number of carbonyl (C=O) groups excluding carboxylic acids is 2. The average molecular weight is 438 g/mol. The minimum atomic E-state index is -4.67. The van der Waals surface area contributed by atoms with E-state index in [-0.39, 0.29) is 18.7 Å². The number of pyridine rings is 1. The highest BCUT2D eigenvalue weighted by Crippen LogP contribution is 2.37. The standard InChI is InChI=1S/C20H21F3N4O4/c1-30-10-11-31-16-7-6-13(12-25-16)26-19(29)27-9-8-24-18(28)17(27)14-4-2-3-5-15(14)20(21,22)23/h2-7,12,17H,8-11H2,1H3,(H,24,28)(H,26,29). The lowest BCUT2D eigenvalue weighted by atomic mass is 9.96. The molecule has 2 N–H and O–H groups in total. The molecule has 0 radical (unpaired) electrons. The number of nitrogens with one attached hydrogen (secondary N) is 2. The van der Waals surface area contributed by atoms with Crippen molar-refractivity contribution in [3.05, 3.63) is 53.7 Å². The molecule has 0 aliphatic carbocycles. The molecule has 0 bridgehead atoms. The van der Waals surface area contributed by atoms with Gasteiger partial charge in [-0.05, 0) is 17.7 Å². The monoisotopic (exact) mass is 438 g/mol. The van der Waals surface area contributed by atoms with Crippen LogP contribution in [0, 0.1) is 0 Å². The van der Waals surface area contributed by atoms with Gasteiger partial charge in [-0.1, -0.05) is 18.2 Å². The Hall–Kier alpha value is -3.34. The number of hydrogen-bond donors (Lipinski definition) is 2. The maximum atomic E-state index is 13.5. The maximum absolute atomic E-state index is 13.5. The minimum absolute atomic E-state index is 0.0417. The number of aromatic nitrogens is 1. The molecule has 1 aliphatic rings. The van der Waals surface area contributed by atoms with Gasteiger partial charge in [-0.2, -0.15) is 13.2 Å². The Morgan fingerprint density at radius 3 is 2.71 bits per heavy atom. The van der Waals surface area contributed by atoms with Crippen molar-refractivity contribution in [2.75, 3.05) is 38.7 Å². The van der Waals surface area contributed by atoms with E-state index in [1.807, 2.05) is 0 Å². The highest BCUT2D eigenvalue weighted by Gasteiger charge is 2.41. The average Bonchev–Trinajstić information content (AvgIpc) is 2.74. The number of benzene rings is 1. The first-order valence-corrected chi connectivity index (χ1v) is 9.40. The van der Waals surface area contributed by atoms with Crippen LogP contribution >= 0.6 is 0 Å². The van der Waals surface area contributed by atoms with Gasteiger partial charge >= 0.3 is 12.2 Å². The third kappa shape index (κ3) is 5.43. The van der Waals surface area contributed by atoms with E-state index < -0.39 is 29.7 Å². The first-order chi connectivity index (χ1) is 14.8. The number of urea groups is 1. The van der Waals surface area contributed by atoms with Crippen molar-refractivity contribution in [3.63, 3.8) is 0 Å². The Balaban J connectivity index is 1.79. The van der Waals surface area contributed by atoms with Crippen LogP contribution in [0.2, 0.25) is 0 Å². The van der Waals surface area contributed by atoms with Crippen LogP contribution in [0.4, 0.5) is 23.7 Å². The SMILES string of the molecule is COCCOc1ccc(NC(=O)N2CCNC(=O)C2c2ccccc2C(F)(F)F)cn1. The molecule has 1 aromatic heterocycles. The molecule has 31 heavy (non-hydrogen) atoms. The Morgan fingerprint density at radius 1 is 1.26 bits per heavy atom. The lowest BCUT2D eigenvalue weighted by molar-refractivity contribution is -0.139. The fourth-order valence-electron chi connectivity index (χ4n) is 3.15. The Kier molecular flexibility index (Phi) is 6.95. The molecule has 1 aliphatic heterocycles. The number of ether oxygens (including phenoxy) is 2. The van der Waals surface area contributed by atoms with Crippen molar-refractivity contribution in [1.82, 2.24) is 15.2 Å². The second kappa shape index (κ2) is 9.65. The highest BCUT2D eigenvalue weighted by molar-refractivity contribution is 5.95. The van der Waals surface area contributed by atoms with Gasteiger partial charge in [0.15, 0.2) is 0 Å². The molecule has 1 saturated heterocycles. The first-order valence-electron chi connectivity index (χ1n) is 9.40. The molecule has 166 valence electrons. The van der Waals surface area contributed by atoms with Gasteiger partial charge < -0.3 is 25.0 Å². The molecule has 8 nitrogen and oxygen atoms in total. The molecular formula is C20H21F3N4O4. The minimum Gasteiger partial charge on any atom is -0.475 e. The summed E-state index contributed by atoms with van der Waals surface area (Å²) >= 11 is 0. The van der Waals surface area contributed by atoms with E-state index >= 15 is 0 Å². The number of alkyl halides is 3. The molecule has 3 amide bonds. The van der Waals surface area contributed by atoms with Crippen LogP contribution < -0.4 is 15.4 Å². The number of methoxy groups -OCH3 is 1. The van der Waals surface area contributed by atoms with Gasteiger partial charge in [-0.25, -0.2) is 9.78 Å². The van der Waals surface area contributed by atoms with E-state index in [9.17, 15) is 22.8 Å². The van der Waals surface area contributed by atoms with Crippen LogP contribution in [0.1, 0.15) is 17.2 Å². The van der Waals surface area contributed by atoms with Crippen LogP contribution in [-0.2, 0) is 15.7 Å². The largest absolute Gasteiger partial charge is 0.475 e. The molecule has 1 aromatic carbocycles. The zero-order valence-electron chi connectivity index (χ0n) is 16.6. The third-order valence-electron chi connectivity index (χ3n) is 4.56. The Bertz CT molecular complexity index is 921. The summed E-state index contributed by atoms with van der Waals surface area (Å²) in [6, 6.07) is 5.66. The van der Waals surface area contributed by atoms with E-state index in [1.54, 1.807) is 0 Å². The quantitative estimate of drug-likeness (QED) is 0.677. The molecule has 2 aromatic rings. The summed E-state index contributed by atoms with van der Waals surface area (Å²) in [5, 5.41) is 5.09. The molecule has 1 atom stereocenters. The van der Waals surface area contributed by atoms with Gasteiger partial charge in [0.05, 0.1) is 24.1 Å². The zero-order valence-corrected chi connectivity index (χ0v) is 16.6. The molecule has 1 fully saturated rings. The summed E-state index contributed by atoms with van der Waals surface area (Å²) in [6.07, 6.45) is -3.32. The second-order valence-corrected chi connectivity index (χ2v) is 6.63. The Labute approximate surface area is 176 Å². The zero-order chi connectivity index (χ0) is 22.4. The van der Waals surface area contributed by atoms with Gasteiger partial charge in [-0.15, -0.1) is 0 Å². The number of anilines is 1. The van der Waals surface area contributed by atoms with Gasteiger partial charge in [0.2, 0.25) is 11.8 Å². The van der Waals surface area contributed by atoms with E-state index in [1.165, 1.54) is 43.6 Å². The normalized spacial score (nSPS) is 16.6. The van der Waals surface area contributed by atoms with Gasteiger partial charge in [0, 0.05) is 26.3 Å². The molecule has 0 spiro atoms. The highest BCUT2D eigenvalue weighted by atomic mass is 19.4. The topological polar surface area (TPSA) is 92.8 Å². The molecule has 3 rings (SSSR count). The van der Waals surface area contributed by atoms with Crippen molar-refractivity contribution >= 4 is 17.6 Å². The van der Waals surface area contributed by atoms with Crippen molar-refractivity contribution in [3.8, 4) is 5.88 Å². The van der Waals surface area contributed by atoms with Crippen molar-refractivity contribution in [2.24, 2.45) is 0 Å². The number of amides is 3. The summed E-state index contributed by atoms with van der Waals surface area (Å²) in [7, 11) is 1.54. The van der Waals surface area contributed by atoms with Crippen LogP contribution in [0.3, 0.4) is 0 Å². The fraction of sp³-hybridized carbons (Fsp3) is 0.350. The van der Waals surface area contributed by atoms with Gasteiger partial charge in [0.1, 0.15) is 12.6 Å². The van der Waals surface area contributed by atoms with E-state index in [4.69, 9.17) is 9.47 Å². The first kappa shape index (κ1) is 22.3. The van der Waals surface area contributed by atoms with Crippen LogP contribution in [0.15, 0.2) is 42.6 Å². The van der Waals surface area contributed by atoms with E-state index in [0.717, 1.165) is 11.0 Å². The second-order valence-electron chi connectivity index (χ2n) is 6.63. The van der Waals surface area contributed by atoms with Gasteiger partial charge in [-0.3, -0.25) is 4.79 Å². The lowest BCUT2D eigenvalue weighted by Gasteiger charge is -2.36. The van der Waals surface area contributed by atoms with Gasteiger partial charge in [0.25, 0.3) is 0 Å². The number of nitrogens with zero attached hydrogens (tertiary/aromatic N) is 2. The molecule has 11 heteroatoms. The summed E-state index contributed by atoms with van der Waals surface area (Å²) in [5.41, 5.74) is -0.950. The van der Waals surface area contributed by atoms with Crippen molar-refractivity contribution in [1.29, 1.82) is 0 Å². The predicted octanol–water partition coefficient (Wildman–Crippen LogP) is 2.83. The van der Waals surface area contributed by atoms with E-state index in [0.29, 0.717) is 24.8 Å². The third-order valence-corrected chi connectivity index (χ3v) is 4.56. The van der Waals surface area contributed by atoms with Crippen molar-refractivity contribution in [2.45, 2.75) is 12.2 Å². The molecule has 1 unspecified atom stereocenters. The fourth-order valence-corrected chi connectivity index (χ4v) is 3.15. The van der Waals surface area contributed by atoms with E-state index in [2.05, 4.69) is 15.6 Å². The molecule has 2 heterocycles. The van der Waals surface area contributed by atoms with Crippen molar-refractivity contribution < 1.29 is 32.2 Å². The predicted molar refractivity (Wildman–Crippen MR) is 105 cm³/mol. The number of halogens is 3. The van der Waals surface area contributed by atoms with Crippen LogP contribution in [0.25, 0.3) is 0 Å². The molecular weight excluding hydrogens is 417 g/mol. The summed E-state index contributed by atoms with van der Waals surface area (Å²) < 4.78 is 50.6. The lowest BCUT2D eigenvalue weighted by Crippen LogP contribution is -2.53. The number of carbonyl (C=O) groups is 2. The summed E-state index contributed by atoms with van der Waals surface area (Å²) in [6.45, 7) is 0.859. The Morgan fingerprint density at radius 2 is 2.03 bits per heavy atom. The maximum Gasteiger partial charge on any atom is 0.416 e. The summed E-state index contributed by atoms with van der Waals surface area (Å²) in [4.78, 5) is 30.4. The van der Waals surface area contributed by atoms with Crippen LogP contribution in [0.5, 0.6) is 5.88 Å². The number of piperazine rings is 1. The van der Waals surface area contributed by atoms with Crippen LogP contribution in [-0.4, -0.2) is 55.2 Å². The number of rotatable bonds is 6.